The Bertz CT molecular complexity index is 1460. The van der Waals surface area contributed by atoms with Crippen molar-refractivity contribution in [3.8, 4) is 11.1 Å². The average molecular weight is 473 g/mol. The van der Waals surface area contributed by atoms with Crippen molar-refractivity contribution in [2.24, 2.45) is 0 Å². The van der Waals surface area contributed by atoms with Crippen LogP contribution >= 0.6 is 0 Å². The van der Waals surface area contributed by atoms with Gasteiger partial charge in [-0.2, -0.15) is 0 Å². The molecule has 1 amide bonds. The third-order valence-electron chi connectivity index (χ3n) is 5.49. The molecule has 0 fully saturated rings. The Morgan fingerprint density at radius 2 is 1.62 bits per heavy atom. The Hall–Kier alpha value is -4.04. The van der Waals surface area contributed by atoms with Crippen molar-refractivity contribution in [1.29, 1.82) is 10.8 Å². The van der Waals surface area contributed by atoms with Crippen molar-refractivity contribution in [2.45, 2.75) is 17.7 Å². The van der Waals surface area contributed by atoms with Crippen LogP contribution in [0.2, 0.25) is 0 Å². The highest BCUT2D eigenvalue weighted by Crippen LogP contribution is 2.32. The van der Waals surface area contributed by atoms with Gasteiger partial charge in [0.15, 0.2) is 0 Å². The van der Waals surface area contributed by atoms with Gasteiger partial charge in [-0.25, -0.2) is 12.4 Å². The highest BCUT2D eigenvalue weighted by molar-refractivity contribution is 7.90. The molecule has 4 rings (SSSR count). The van der Waals surface area contributed by atoms with Gasteiger partial charge in [0, 0.05) is 28.4 Å². The SMILES string of the molecule is N=CCCC(=N)CNC(=O)c1ccc(S(=O)(=O)n2cc(-c3ccccc3)c3ccccc32)cc1. The van der Waals surface area contributed by atoms with Crippen LogP contribution in [0.25, 0.3) is 22.0 Å². The first-order valence-corrected chi connectivity index (χ1v) is 12.2. The molecule has 7 nitrogen and oxygen atoms in total. The van der Waals surface area contributed by atoms with Crippen LogP contribution in [-0.2, 0) is 10.0 Å². The number of benzene rings is 3. The molecule has 1 heterocycles. The summed E-state index contributed by atoms with van der Waals surface area (Å²) in [4.78, 5) is 12.5. The van der Waals surface area contributed by atoms with Crippen LogP contribution in [0.4, 0.5) is 0 Å². The molecule has 8 heteroatoms. The normalized spacial score (nSPS) is 11.3. The van der Waals surface area contributed by atoms with Crippen LogP contribution in [0.15, 0.2) is 90.0 Å². The molecule has 0 aliphatic heterocycles. The lowest BCUT2D eigenvalue weighted by Crippen LogP contribution is -2.29. The number of hydrogen-bond acceptors (Lipinski definition) is 5. The van der Waals surface area contributed by atoms with Crippen molar-refractivity contribution in [3.05, 3.63) is 90.6 Å². The molecular weight excluding hydrogens is 448 g/mol. The molecule has 3 aromatic carbocycles. The van der Waals surface area contributed by atoms with Crippen LogP contribution < -0.4 is 5.32 Å². The lowest BCUT2D eigenvalue weighted by molar-refractivity contribution is 0.0959. The standard InChI is InChI=1S/C26H24N4O3S/c27-16-6-9-21(28)17-29-26(31)20-12-14-22(15-13-20)34(32,33)30-18-24(19-7-2-1-3-8-19)23-10-4-5-11-25(23)30/h1-5,7-8,10-16,18,27-28H,6,9,17H2,(H,29,31). The summed E-state index contributed by atoms with van der Waals surface area (Å²) in [5, 5.41) is 18.3. The number of para-hydroxylation sites is 1. The number of nitrogens with zero attached hydrogens (tertiary/aromatic N) is 1. The van der Waals surface area contributed by atoms with E-state index in [9.17, 15) is 13.2 Å². The lowest BCUT2D eigenvalue weighted by atomic mass is 10.1. The number of rotatable bonds is 9. The molecule has 0 aliphatic rings. The first-order valence-electron chi connectivity index (χ1n) is 10.8. The van der Waals surface area contributed by atoms with Gasteiger partial charge in [-0.1, -0.05) is 48.5 Å². The Kier molecular flexibility index (Phi) is 6.70. The summed E-state index contributed by atoms with van der Waals surface area (Å²) in [7, 11) is -3.90. The van der Waals surface area contributed by atoms with E-state index in [-0.39, 0.29) is 17.3 Å². The Morgan fingerprint density at radius 1 is 0.941 bits per heavy atom. The number of amides is 1. The van der Waals surface area contributed by atoms with E-state index in [0.29, 0.717) is 29.6 Å². The van der Waals surface area contributed by atoms with Gasteiger partial charge in [0.25, 0.3) is 15.9 Å². The fourth-order valence-corrected chi connectivity index (χ4v) is 5.08. The number of nitrogens with one attached hydrogen (secondary N) is 3. The van der Waals surface area contributed by atoms with Crippen molar-refractivity contribution >= 4 is 38.8 Å². The van der Waals surface area contributed by atoms with Crippen molar-refractivity contribution in [2.75, 3.05) is 6.54 Å². The molecule has 0 radical (unpaired) electrons. The van der Waals surface area contributed by atoms with Crippen LogP contribution in [0.3, 0.4) is 0 Å². The first-order chi connectivity index (χ1) is 16.4. The van der Waals surface area contributed by atoms with Crippen molar-refractivity contribution < 1.29 is 13.2 Å². The summed E-state index contributed by atoms with van der Waals surface area (Å²) in [6.45, 7) is 0.0876. The molecule has 0 aliphatic carbocycles. The van der Waals surface area contributed by atoms with E-state index in [1.165, 1.54) is 34.5 Å². The molecule has 0 saturated carbocycles. The second-order valence-corrected chi connectivity index (χ2v) is 9.60. The fraction of sp³-hybridized carbons (Fsp3) is 0.115. The van der Waals surface area contributed by atoms with E-state index >= 15 is 0 Å². The van der Waals surface area contributed by atoms with Gasteiger partial charge in [-0.3, -0.25) is 4.79 Å². The molecule has 4 aromatic rings. The summed E-state index contributed by atoms with van der Waals surface area (Å²) < 4.78 is 28.3. The first kappa shape index (κ1) is 23.1. The summed E-state index contributed by atoms with van der Waals surface area (Å²) in [6.07, 6.45) is 3.74. The summed E-state index contributed by atoms with van der Waals surface area (Å²) >= 11 is 0. The highest BCUT2D eigenvalue weighted by atomic mass is 32.2. The van der Waals surface area contributed by atoms with E-state index in [4.69, 9.17) is 10.8 Å². The van der Waals surface area contributed by atoms with Crippen LogP contribution in [0.5, 0.6) is 0 Å². The van der Waals surface area contributed by atoms with E-state index < -0.39 is 10.0 Å². The Labute approximate surface area is 198 Å². The molecule has 0 spiro atoms. The van der Waals surface area contributed by atoms with Gasteiger partial charge in [-0.15, -0.1) is 0 Å². The third-order valence-corrected chi connectivity index (χ3v) is 7.18. The van der Waals surface area contributed by atoms with Crippen LogP contribution in [0, 0.1) is 10.8 Å². The van der Waals surface area contributed by atoms with Gasteiger partial charge in [-0.05, 0) is 55.0 Å². The minimum atomic E-state index is -3.90. The van der Waals surface area contributed by atoms with Crippen molar-refractivity contribution in [3.63, 3.8) is 0 Å². The minimum Gasteiger partial charge on any atom is -0.347 e. The quantitative estimate of drug-likeness (QED) is 0.306. The molecule has 0 atom stereocenters. The van der Waals surface area contributed by atoms with Crippen LogP contribution in [-0.4, -0.2) is 36.8 Å². The maximum atomic E-state index is 13.5. The van der Waals surface area contributed by atoms with Gasteiger partial charge in [0.1, 0.15) is 0 Å². The fourth-order valence-electron chi connectivity index (χ4n) is 3.71. The lowest BCUT2D eigenvalue weighted by Gasteiger charge is -2.09. The summed E-state index contributed by atoms with van der Waals surface area (Å²) in [5.41, 5.74) is 2.95. The van der Waals surface area contributed by atoms with E-state index in [1.54, 1.807) is 18.3 Å². The third kappa shape index (κ3) is 4.67. The summed E-state index contributed by atoms with van der Waals surface area (Å²) in [6, 6.07) is 22.7. The zero-order chi connectivity index (χ0) is 24.1. The van der Waals surface area contributed by atoms with Gasteiger partial charge < -0.3 is 16.1 Å². The predicted molar refractivity (Wildman–Crippen MR) is 134 cm³/mol. The zero-order valence-corrected chi connectivity index (χ0v) is 19.2. The predicted octanol–water partition coefficient (Wildman–Crippen LogP) is 4.72. The molecule has 3 N–H and O–H groups in total. The molecule has 34 heavy (non-hydrogen) atoms. The zero-order valence-electron chi connectivity index (χ0n) is 18.4. The van der Waals surface area contributed by atoms with E-state index in [2.05, 4.69) is 5.32 Å². The Balaban J connectivity index is 1.61. The van der Waals surface area contributed by atoms with Gasteiger partial charge >= 0.3 is 0 Å². The number of carbonyl (C=O) groups is 1. The second kappa shape index (κ2) is 9.84. The second-order valence-electron chi connectivity index (χ2n) is 7.78. The van der Waals surface area contributed by atoms with E-state index in [0.717, 1.165) is 16.5 Å². The molecular formula is C26H24N4O3S. The maximum absolute atomic E-state index is 13.5. The highest BCUT2D eigenvalue weighted by Gasteiger charge is 2.22. The van der Waals surface area contributed by atoms with Crippen molar-refractivity contribution in [1.82, 2.24) is 9.29 Å². The van der Waals surface area contributed by atoms with Crippen LogP contribution in [0.1, 0.15) is 23.2 Å². The number of hydrogen-bond donors (Lipinski definition) is 3. The van der Waals surface area contributed by atoms with E-state index in [1.807, 2.05) is 42.5 Å². The molecule has 0 saturated heterocycles. The maximum Gasteiger partial charge on any atom is 0.268 e. The van der Waals surface area contributed by atoms with Gasteiger partial charge in [0.2, 0.25) is 0 Å². The molecule has 0 bridgehead atoms. The topological polar surface area (TPSA) is 116 Å². The molecule has 172 valence electrons. The summed E-state index contributed by atoms with van der Waals surface area (Å²) in [5.74, 6) is -0.388. The average Bonchev–Trinajstić information content (AvgIpc) is 3.27. The number of carbonyl (C=O) groups excluding carboxylic acids is 1. The minimum absolute atomic E-state index is 0.0724. The largest absolute Gasteiger partial charge is 0.347 e. The van der Waals surface area contributed by atoms with Gasteiger partial charge in [0.05, 0.1) is 17.0 Å². The smallest absolute Gasteiger partial charge is 0.268 e. The Morgan fingerprint density at radius 3 is 2.32 bits per heavy atom. The number of fused-ring (bicyclic) bond motifs is 1. The monoisotopic (exact) mass is 472 g/mol. The molecule has 1 aromatic heterocycles. The molecule has 0 unspecified atom stereocenters. The number of aromatic nitrogens is 1.